The van der Waals surface area contributed by atoms with Crippen LogP contribution in [0.4, 0.5) is 4.39 Å². The Morgan fingerprint density at radius 1 is 1.38 bits per heavy atom. The van der Waals surface area contributed by atoms with Crippen LogP contribution in [-0.2, 0) is 9.59 Å². The number of carboxylic acids is 1. The second-order valence-corrected chi connectivity index (χ2v) is 2.28. The molecule has 0 spiro atoms. The minimum Gasteiger partial charge on any atom is -0.479 e. The van der Waals surface area contributed by atoms with E-state index < -0.39 is 36.7 Å². The van der Waals surface area contributed by atoms with Gasteiger partial charge in [0, 0.05) is 0 Å². The summed E-state index contributed by atoms with van der Waals surface area (Å²) in [5.41, 5.74) is 0. The lowest BCUT2D eigenvalue weighted by molar-refractivity contribution is -0.161. The summed E-state index contributed by atoms with van der Waals surface area (Å²) in [7, 11) is 0. The van der Waals surface area contributed by atoms with E-state index in [1.807, 2.05) is 0 Å². The van der Waals surface area contributed by atoms with Gasteiger partial charge < -0.3 is 25.2 Å². The van der Waals surface area contributed by atoms with E-state index in [1.54, 1.807) is 0 Å². The summed E-state index contributed by atoms with van der Waals surface area (Å²) >= 11 is 0. The zero-order chi connectivity index (χ0) is 11.5. The molecule has 0 aromatic heterocycles. The molecule has 0 aliphatic carbocycles. The van der Waals surface area contributed by atoms with Gasteiger partial charge in [-0.05, 0) is 0 Å². The van der Waals surface area contributed by atoms with E-state index in [9.17, 15) is 14.0 Å². The molecular weight excluding hydrogens is 187 g/mol. The van der Waals surface area contributed by atoms with E-state index >= 15 is 0 Å². The molecule has 7 heteroatoms. The molecule has 0 fully saturated rings. The van der Waals surface area contributed by atoms with Crippen molar-refractivity contribution in [2.45, 2.75) is 24.5 Å². The Kier molecular flexibility index (Phi) is 3.74. The van der Waals surface area contributed by atoms with E-state index in [2.05, 4.69) is 0 Å². The number of aliphatic carboxylic acids is 1. The number of alkyl halides is 1. The average Bonchev–Trinajstić information content (AvgIpc) is 2.12. The fraction of sp³-hybridized carbons (Fsp3) is 0.667. The molecule has 0 radical (unpaired) electrons. The number of hydrogen-bond acceptors (Lipinski definition) is 5. The number of aliphatic hydroxyl groups is 3. The molecule has 0 aliphatic rings. The van der Waals surface area contributed by atoms with Crippen LogP contribution in [0.15, 0.2) is 0 Å². The Morgan fingerprint density at radius 2 is 1.85 bits per heavy atom. The maximum atomic E-state index is 12.5. The first-order chi connectivity index (χ1) is 6.29. The lowest BCUT2D eigenvalue weighted by atomic mass is 10.1. The van der Waals surface area contributed by atoms with E-state index in [-0.39, 0.29) is 0 Å². The number of hydrogen-bond donors (Lipinski definition) is 4. The lowest BCUT2D eigenvalue weighted by Crippen LogP contribution is -2.46. The number of carboxylic acid groups (broad SMARTS) is 1. The number of carbonyl (C=O) groups is 2. The van der Waals surface area contributed by atoms with Crippen molar-refractivity contribution in [2.24, 2.45) is 0 Å². The third-order valence-electron chi connectivity index (χ3n) is 1.34. The highest BCUT2D eigenvalue weighted by Gasteiger charge is 2.34. The van der Waals surface area contributed by atoms with Crippen LogP contribution in [0.3, 0.4) is 0 Å². The molecule has 4 N–H and O–H groups in total. The minimum atomic E-state index is -2.75. The highest BCUT2D eigenvalue weighted by molar-refractivity contribution is 5.73. The molecule has 76 valence electrons. The first-order valence-corrected chi connectivity index (χ1v) is 3.20. The van der Waals surface area contributed by atoms with Crippen LogP contribution in [0.2, 0.25) is 0 Å². The van der Waals surface area contributed by atoms with Gasteiger partial charge in [0.25, 0.3) is 0 Å². The molecule has 0 aliphatic heterocycles. The fourth-order valence-electron chi connectivity index (χ4n) is 0.576. The summed E-state index contributed by atoms with van der Waals surface area (Å²) in [5, 5.41) is 34.4. The van der Waals surface area contributed by atoms with Gasteiger partial charge in [0.1, 0.15) is 13.6 Å². The molecule has 0 bridgehead atoms. The molecule has 0 rings (SSSR count). The predicted octanol–water partition coefficient (Wildman–Crippen LogP) is -2.31. The summed E-state index contributed by atoms with van der Waals surface area (Å²) in [6.45, 7) is 0. The molecule has 4 atom stereocenters. The van der Waals surface area contributed by atoms with Gasteiger partial charge in [-0.25, -0.2) is 9.18 Å². The van der Waals surface area contributed by atoms with Crippen molar-refractivity contribution in [3.05, 3.63) is 0 Å². The maximum Gasteiger partial charge on any atom is 0.335 e. The summed E-state index contributed by atoms with van der Waals surface area (Å²) in [4.78, 5) is 20.1. The zero-order valence-electron chi connectivity index (χ0n) is 7.29. The summed E-state index contributed by atoms with van der Waals surface area (Å²) < 4.78 is 18.8. The van der Waals surface area contributed by atoms with Gasteiger partial charge in [0.05, 0.1) is 0 Å². The fourth-order valence-corrected chi connectivity index (χ4v) is 0.576. The van der Waals surface area contributed by atoms with Gasteiger partial charge in [-0.2, -0.15) is 0 Å². The van der Waals surface area contributed by atoms with E-state index in [1.165, 1.54) is 0 Å². The highest BCUT2D eigenvalue weighted by atomic mass is 19.1. The molecule has 13 heavy (non-hydrogen) atoms. The number of carbonyl (C=O) groups excluding carboxylic acids is 1. The van der Waals surface area contributed by atoms with Crippen LogP contribution in [0.1, 0.15) is 1.37 Å². The standard InChI is InChI=1S/C6H9FO6/c7-2(1-8)3(9)4(10)5(11)6(12)13/h1-5,9-11H,(H,12,13)/t2-,3+,4-,5-/m0/s1/i1D. The maximum absolute atomic E-state index is 12.5. The van der Waals surface area contributed by atoms with E-state index in [4.69, 9.17) is 21.8 Å². The minimum absolute atomic E-state index is 1.81. The monoisotopic (exact) mass is 197 g/mol. The Hall–Kier alpha value is -1.05. The van der Waals surface area contributed by atoms with Crippen LogP contribution >= 0.6 is 0 Å². The van der Waals surface area contributed by atoms with Crippen molar-refractivity contribution < 1.29 is 35.8 Å². The van der Waals surface area contributed by atoms with Gasteiger partial charge in [-0.1, -0.05) is 0 Å². The number of rotatable bonds is 5. The third kappa shape index (κ3) is 3.05. The SMILES string of the molecule is [2H]C(=O)[C@H](F)[C@@H](O)[C@H](O)[C@H](O)C(=O)O. The molecule has 6 nitrogen and oxygen atoms in total. The van der Waals surface area contributed by atoms with Crippen molar-refractivity contribution in [1.29, 1.82) is 0 Å². The average molecular weight is 197 g/mol. The number of aliphatic hydroxyl groups excluding tert-OH is 3. The largest absolute Gasteiger partial charge is 0.479 e. The van der Waals surface area contributed by atoms with Crippen LogP contribution in [0, 0.1) is 0 Å². The Labute approximate surface area is 73.6 Å². The molecule has 0 aromatic carbocycles. The Morgan fingerprint density at radius 3 is 2.15 bits per heavy atom. The molecule has 0 aromatic rings. The number of aldehydes is 1. The van der Waals surface area contributed by atoms with Crippen LogP contribution in [-0.4, -0.2) is 57.1 Å². The smallest absolute Gasteiger partial charge is 0.335 e. The normalized spacial score (nSPS) is 21.1. The topological polar surface area (TPSA) is 115 Å². The third-order valence-corrected chi connectivity index (χ3v) is 1.34. The Bertz CT molecular complexity index is 210. The van der Waals surface area contributed by atoms with Crippen LogP contribution < -0.4 is 0 Å². The summed E-state index contributed by atoms with van der Waals surface area (Å²) in [6, 6.07) is 0. The first-order valence-electron chi connectivity index (χ1n) is 3.70. The lowest BCUT2D eigenvalue weighted by Gasteiger charge is -2.20. The molecule has 0 saturated heterocycles. The second kappa shape index (κ2) is 4.85. The zero-order valence-corrected chi connectivity index (χ0v) is 6.29. The summed E-state index contributed by atoms with van der Waals surface area (Å²) in [5.74, 6) is -1.87. The first kappa shape index (κ1) is 10.0. The van der Waals surface area contributed by atoms with Crippen molar-refractivity contribution in [2.75, 3.05) is 0 Å². The van der Waals surface area contributed by atoms with Crippen LogP contribution in [0.5, 0.6) is 0 Å². The Balaban J connectivity index is 4.45. The van der Waals surface area contributed by atoms with Gasteiger partial charge in [0.15, 0.2) is 18.5 Å². The van der Waals surface area contributed by atoms with Gasteiger partial charge in [-0.15, -0.1) is 0 Å². The van der Waals surface area contributed by atoms with Crippen molar-refractivity contribution >= 4 is 12.2 Å². The van der Waals surface area contributed by atoms with Crippen LogP contribution in [0.25, 0.3) is 0 Å². The van der Waals surface area contributed by atoms with Gasteiger partial charge in [0.2, 0.25) is 0 Å². The molecular formula is C6H9FO6. The van der Waals surface area contributed by atoms with E-state index in [0.717, 1.165) is 0 Å². The van der Waals surface area contributed by atoms with Crippen molar-refractivity contribution in [3.8, 4) is 0 Å². The van der Waals surface area contributed by atoms with Crippen molar-refractivity contribution in [3.63, 3.8) is 0 Å². The second-order valence-electron chi connectivity index (χ2n) is 2.28. The predicted molar refractivity (Wildman–Crippen MR) is 36.6 cm³/mol. The molecule has 0 heterocycles. The van der Waals surface area contributed by atoms with Crippen molar-refractivity contribution in [1.82, 2.24) is 0 Å². The molecule has 0 amide bonds. The molecule has 0 saturated carbocycles. The number of halogens is 1. The highest BCUT2D eigenvalue weighted by Crippen LogP contribution is 2.06. The molecule has 0 unspecified atom stereocenters. The van der Waals surface area contributed by atoms with Gasteiger partial charge in [-0.3, -0.25) is 0 Å². The summed E-state index contributed by atoms with van der Waals surface area (Å²) in [6.07, 6.45) is -11.8. The van der Waals surface area contributed by atoms with E-state index in [0.29, 0.717) is 0 Å². The van der Waals surface area contributed by atoms with Gasteiger partial charge >= 0.3 is 5.97 Å². The quantitative estimate of drug-likeness (QED) is 0.368.